The third-order valence-corrected chi connectivity index (χ3v) is 4.72. The van der Waals surface area contributed by atoms with E-state index in [0.717, 1.165) is 17.4 Å². The standard InChI is InChI=1S/C14H15BrN2O2/c15-11-4-2-1-3-10(11)13(19)17-6-5-14(9-17)7-12(18)16-8-14/h1-4H,5-9H2,(H,16,18). The van der Waals surface area contributed by atoms with Crippen LogP contribution in [-0.2, 0) is 4.79 Å². The highest BCUT2D eigenvalue weighted by atomic mass is 79.9. The first-order valence-corrected chi connectivity index (χ1v) is 7.19. The van der Waals surface area contributed by atoms with Gasteiger partial charge in [0.25, 0.3) is 5.91 Å². The normalized spacial score (nSPS) is 25.9. The van der Waals surface area contributed by atoms with Gasteiger partial charge in [-0.2, -0.15) is 0 Å². The molecule has 1 unspecified atom stereocenters. The summed E-state index contributed by atoms with van der Waals surface area (Å²) in [4.78, 5) is 25.7. The lowest BCUT2D eigenvalue weighted by Gasteiger charge is -2.22. The van der Waals surface area contributed by atoms with Gasteiger partial charge in [-0.05, 0) is 34.5 Å². The number of carbonyl (C=O) groups is 2. The first-order chi connectivity index (χ1) is 9.10. The van der Waals surface area contributed by atoms with Crippen molar-refractivity contribution in [2.75, 3.05) is 19.6 Å². The third-order valence-electron chi connectivity index (χ3n) is 4.03. The van der Waals surface area contributed by atoms with Crippen LogP contribution in [0.4, 0.5) is 0 Å². The fourth-order valence-electron chi connectivity index (χ4n) is 2.95. The van der Waals surface area contributed by atoms with E-state index in [2.05, 4.69) is 21.2 Å². The number of amides is 2. The number of carbonyl (C=O) groups excluding carboxylic acids is 2. The Kier molecular flexibility index (Phi) is 3.09. The summed E-state index contributed by atoms with van der Waals surface area (Å²) >= 11 is 3.41. The van der Waals surface area contributed by atoms with Gasteiger partial charge in [-0.25, -0.2) is 0 Å². The fourth-order valence-corrected chi connectivity index (χ4v) is 3.41. The van der Waals surface area contributed by atoms with Crippen molar-refractivity contribution in [2.24, 2.45) is 5.41 Å². The highest BCUT2D eigenvalue weighted by Crippen LogP contribution is 2.37. The molecule has 1 aromatic carbocycles. The van der Waals surface area contributed by atoms with E-state index in [9.17, 15) is 9.59 Å². The summed E-state index contributed by atoms with van der Waals surface area (Å²) in [6, 6.07) is 7.46. The zero-order valence-electron chi connectivity index (χ0n) is 10.5. The Bertz CT molecular complexity index is 546. The van der Waals surface area contributed by atoms with E-state index in [0.29, 0.717) is 25.1 Å². The van der Waals surface area contributed by atoms with Gasteiger partial charge < -0.3 is 10.2 Å². The molecule has 0 saturated carbocycles. The minimum Gasteiger partial charge on any atom is -0.355 e. The molecule has 2 aliphatic rings. The molecule has 1 N–H and O–H groups in total. The van der Waals surface area contributed by atoms with E-state index in [1.165, 1.54) is 0 Å². The number of halogens is 1. The predicted molar refractivity (Wildman–Crippen MR) is 74.7 cm³/mol. The van der Waals surface area contributed by atoms with Crippen molar-refractivity contribution in [1.29, 1.82) is 0 Å². The van der Waals surface area contributed by atoms with Crippen molar-refractivity contribution in [1.82, 2.24) is 10.2 Å². The predicted octanol–water partition coefficient (Wildman–Crippen LogP) is 1.80. The van der Waals surface area contributed by atoms with E-state index in [-0.39, 0.29) is 17.2 Å². The maximum Gasteiger partial charge on any atom is 0.255 e. The van der Waals surface area contributed by atoms with Gasteiger partial charge in [0.05, 0.1) is 5.56 Å². The molecule has 2 saturated heterocycles. The van der Waals surface area contributed by atoms with Crippen molar-refractivity contribution in [3.63, 3.8) is 0 Å². The SMILES string of the molecule is O=C1CC2(CCN(C(=O)c3ccccc3Br)C2)CN1. The van der Waals surface area contributed by atoms with Crippen LogP contribution >= 0.6 is 15.9 Å². The number of nitrogens with one attached hydrogen (secondary N) is 1. The second kappa shape index (κ2) is 4.63. The van der Waals surface area contributed by atoms with Gasteiger partial charge in [0, 0.05) is 35.9 Å². The van der Waals surface area contributed by atoms with Crippen LogP contribution in [0.25, 0.3) is 0 Å². The number of rotatable bonds is 1. The van der Waals surface area contributed by atoms with E-state index >= 15 is 0 Å². The van der Waals surface area contributed by atoms with Crippen LogP contribution in [-0.4, -0.2) is 36.3 Å². The largest absolute Gasteiger partial charge is 0.355 e. The van der Waals surface area contributed by atoms with Crippen molar-refractivity contribution in [3.8, 4) is 0 Å². The van der Waals surface area contributed by atoms with Gasteiger partial charge in [0.15, 0.2) is 0 Å². The Morgan fingerprint density at radius 3 is 2.84 bits per heavy atom. The molecule has 2 heterocycles. The molecule has 4 nitrogen and oxygen atoms in total. The van der Waals surface area contributed by atoms with Crippen LogP contribution in [0, 0.1) is 5.41 Å². The van der Waals surface area contributed by atoms with Crippen molar-refractivity contribution in [2.45, 2.75) is 12.8 Å². The van der Waals surface area contributed by atoms with Crippen molar-refractivity contribution >= 4 is 27.7 Å². The number of likely N-dealkylation sites (tertiary alicyclic amines) is 1. The molecular weight excluding hydrogens is 308 g/mol. The summed E-state index contributed by atoms with van der Waals surface area (Å²) < 4.78 is 0.821. The van der Waals surface area contributed by atoms with E-state index < -0.39 is 0 Å². The highest BCUT2D eigenvalue weighted by molar-refractivity contribution is 9.10. The van der Waals surface area contributed by atoms with Crippen LogP contribution in [0.3, 0.4) is 0 Å². The summed E-state index contributed by atoms with van der Waals surface area (Å²) in [6.07, 6.45) is 1.45. The topological polar surface area (TPSA) is 49.4 Å². The van der Waals surface area contributed by atoms with E-state index in [4.69, 9.17) is 0 Å². The number of hydrogen-bond donors (Lipinski definition) is 1. The molecule has 0 aromatic heterocycles. The van der Waals surface area contributed by atoms with Crippen LogP contribution in [0.15, 0.2) is 28.7 Å². The fraction of sp³-hybridized carbons (Fsp3) is 0.429. The highest BCUT2D eigenvalue weighted by Gasteiger charge is 2.45. The zero-order valence-corrected chi connectivity index (χ0v) is 12.1. The molecular formula is C14H15BrN2O2. The number of benzene rings is 1. The van der Waals surface area contributed by atoms with Crippen LogP contribution in [0.1, 0.15) is 23.2 Å². The van der Waals surface area contributed by atoms with Gasteiger partial charge in [-0.15, -0.1) is 0 Å². The van der Waals surface area contributed by atoms with Gasteiger partial charge in [-0.1, -0.05) is 12.1 Å². The summed E-state index contributed by atoms with van der Waals surface area (Å²) in [5.74, 6) is 0.152. The van der Waals surface area contributed by atoms with Gasteiger partial charge in [0.1, 0.15) is 0 Å². The first-order valence-electron chi connectivity index (χ1n) is 6.40. The molecule has 5 heteroatoms. The van der Waals surface area contributed by atoms with Crippen LogP contribution < -0.4 is 5.32 Å². The Balaban J connectivity index is 1.77. The quantitative estimate of drug-likeness (QED) is 0.857. The minimum absolute atomic E-state index is 0.0337. The minimum atomic E-state index is -0.0337. The molecule has 19 heavy (non-hydrogen) atoms. The molecule has 3 rings (SSSR count). The average molecular weight is 323 g/mol. The van der Waals surface area contributed by atoms with E-state index in [1.807, 2.05) is 29.2 Å². The Hall–Kier alpha value is -1.36. The summed E-state index contributed by atoms with van der Waals surface area (Å²) in [7, 11) is 0. The molecule has 1 atom stereocenters. The maximum atomic E-state index is 12.5. The zero-order chi connectivity index (χ0) is 13.5. The Labute approximate surface area is 120 Å². The Morgan fingerprint density at radius 1 is 1.37 bits per heavy atom. The average Bonchev–Trinajstić information content (AvgIpc) is 2.97. The van der Waals surface area contributed by atoms with Crippen LogP contribution in [0.5, 0.6) is 0 Å². The lowest BCUT2D eigenvalue weighted by Crippen LogP contribution is -2.33. The lowest BCUT2D eigenvalue weighted by atomic mass is 9.86. The third kappa shape index (κ3) is 2.27. The molecule has 0 radical (unpaired) electrons. The molecule has 2 fully saturated rings. The van der Waals surface area contributed by atoms with Crippen molar-refractivity contribution in [3.05, 3.63) is 34.3 Å². The number of nitrogens with zero attached hydrogens (tertiary/aromatic N) is 1. The van der Waals surface area contributed by atoms with E-state index in [1.54, 1.807) is 0 Å². The molecule has 1 aromatic rings. The summed E-state index contributed by atoms with van der Waals surface area (Å²) in [5, 5.41) is 2.88. The molecule has 1 spiro atoms. The summed E-state index contributed by atoms with van der Waals surface area (Å²) in [5.41, 5.74) is 0.658. The van der Waals surface area contributed by atoms with Crippen LogP contribution in [0.2, 0.25) is 0 Å². The molecule has 100 valence electrons. The molecule has 0 bridgehead atoms. The molecule has 0 aliphatic carbocycles. The smallest absolute Gasteiger partial charge is 0.255 e. The van der Waals surface area contributed by atoms with Gasteiger partial charge >= 0.3 is 0 Å². The second-order valence-corrected chi connectivity index (χ2v) is 6.26. The Morgan fingerprint density at radius 2 is 2.16 bits per heavy atom. The maximum absolute atomic E-state index is 12.5. The monoisotopic (exact) mass is 322 g/mol. The molecule has 2 amide bonds. The van der Waals surface area contributed by atoms with Gasteiger partial charge in [0.2, 0.25) is 5.91 Å². The lowest BCUT2D eigenvalue weighted by molar-refractivity contribution is -0.119. The summed E-state index contributed by atoms with van der Waals surface area (Å²) in [6.45, 7) is 2.10. The molecule has 2 aliphatic heterocycles. The second-order valence-electron chi connectivity index (χ2n) is 5.41. The number of hydrogen-bond acceptors (Lipinski definition) is 2. The van der Waals surface area contributed by atoms with Crippen molar-refractivity contribution < 1.29 is 9.59 Å². The first kappa shape index (κ1) is 12.7. The van der Waals surface area contributed by atoms with Gasteiger partial charge in [-0.3, -0.25) is 9.59 Å².